The maximum Gasteiger partial charge on any atom is 0.225 e. The number of halogens is 1. The van der Waals surface area contributed by atoms with Crippen molar-refractivity contribution in [1.29, 1.82) is 0 Å². The van der Waals surface area contributed by atoms with Gasteiger partial charge in [0.25, 0.3) is 0 Å². The molecule has 1 aromatic rings. The Morgan fingerprint density at radius 2 is 2.00 bits per heavy atom. The minimum Gasteiger partial charge on any atom is -0.333 e. The van der Waals surface area contributed by atoms with Crippen LogP contribution in [-0.2, 0) is 11.2 Å². The van der Waals surface area contributed by atoms with Crippen LogP contribution in [-0.4, -0.2) is 30.4 Å². The van der Waals surface area contributed by atoms with Gasteiger partial charge in [-0.05, 0) is 24.0 Å². The van der Waals surface area contributed by atoms with Gasteiger partial charge in [0.05, 0.1) is 6.04 Å². The van der Waals surface area contributed by atoms with Gasteiger partial charge in [0.15, 0.2) is 0 Å². The number of nitrogens with one attached hydrogen (secondary N) is 1. The first-order valence-electron chi connectivity index (χ1n) is 7.77. The standard InChI is InChI=1S/C17H26N2O.ClH/c1-4-13(3)17(20)19-11-10-18-12-16(19)15-8-6-14(5-2)7-9-15;/h6-9,13,16,18H,4-5,10-12H2,1-3H3;1H. The number of carbonyl (C=O) groups is 1. The number of aryl methyl sites for hydroxylation is 1. The van der Waals surface area contributed by atoms with Gasteiger partial charge in [-0.25, -0.2) is 0 Å². The fourth-order valence-corrected chi connectivity index (χ4v) is 2.70. The molecule has 1 aromatic carbocycles. The lowest BCUT2D eigenvalue weighted by atomic mass is 9.98. The van der Waals surface area contributed by atoms with Gasteiger partial charge in [-0.15, -0.1) is 12.4 Å². The van der Waals surface area contributed by atoms with E-state index in [0.29, 0.717) is 5.91 Å². The minimum absolute atomic E-state index is 0. The molecule has 0 radical (unpaired) electrons. The van der Waals surface area contributed by atoms with Crippen LogP contribution >= 0.6 is 12.4 Å². The molecule has 0 aromatic heterocycles. The van der Waals surface area contributed by atoms with Gasteiger partial charge < -0.3 is 10.2 Å². The smallest absolute Gasteiger partial charge is 0.225 e. The molecule has 2 unspecified atom stereocenters. The maximum absolute atomic E-state index is 12.5. The highest BCUT2D eigenvalue weighted by Gasteiger charge is 2.29. The summed E-state index contributed by atoms with van der Waals surface area (Å²) in [5.74, 6) is 0.407. The topological polar surface area (TPSA) is 32.3 Å². The van der Waals surface area contributed by atoms with E-state index in [1.165, 1.54) is 11.1 Å². The van der Waals surface area contributed by atoms with Crippen LogP contribution in [0.1, 0.15) is 44.4 Å². The van der Waals surface area contributed by atoms with Gasteiger partial charge in [0, 0.05) is 25.6 Å². The van der Waals surface area contributed by atoms with Crippen LogP contribution in [0.4, 0.5) is 0 Å². The van der Waals surface area contributed by atoms with Crippen LogP contribution < -0.4 is 5.32 Å². The number of benzene rings is 1. The first-order valence-corrected chi connectivity index (χ1v) is 7.77. The van der Waals surface area contributed by atoms with Crippen molar-refractivity contribution in [1.82, 2.24) is 10.2 Å². The Kier molecular flexibility index (Phi) is 7.20. The lowest BCUT2D eigenvalue weighted by Gasteiger charge is -2.38. The summed E-state index contributed by atoms with van der Waals surface area (Å²) >= 11 is 0. The summed E-state index contributed by atoms with van der Waals surface area (Å²) in [6, 6.07) is 8.88. The van der Waals surface area contributed by atoms with Crippen LogP contribution in [0.3, 0.4) is 0 Å². The summed E-state index contributed by atoms with van der Waals surface area (Å²) < 4.78 is 0. The van der Waals surface area contributed by atoms with Gasteiger partial charge in [0.2, 0.25) is 5.91 Å². The zero-order valence-electron chi connectivity index (χ0n) is 13.3. The van der Waals surface area contributed by atoms with Gasteiger partial charge >= 0.3 is 0 Å². The van der Waals surface area contributed by atoms with Crippen LogP contribution in [0.15, 0.2) is 24.3 Å². The molecule has 3 nitrogen and oxygen atoms in total. The van der Waals surface area contributed by atoms with Crippen molar-refractivity contribution in [3.63, 3.8) is 0 Å². The van der Waals surface area contributed by atoms with E-state index >= 15 is 0 Å². The van der Waals surface area contributed by atoms with Crippen LogP contribution in [0, 0.1) is 5.92 Å². The molecule has 1 fully saturated rings. The SMILES string of the molecule is CCc1ccc(C2CNCCN2C(=O)C(C)CC)cc1.Cl. The highest BCUT2D eigenvalue weighted by molar-refractivity contribution is 5.85. The van der Waals surface area contributed by atoms with E-state index in [-0.39, 0.29) is 24.4 Å². The second-order valence-electron chi connectivity index (χ2n) is 5.66. The monoisotopic (exact) mass is 310 g/mol. The van der Waals surface area contributed by atoms with E-state index < -0.39 is 0 Å². The molecule has 0 saturated carbocycles. The third kappa shape index (κ3) is 4.21. The predicted molar refractivity (Wildman–Crippen MR) is 89.8 cm³/mol. The van der Waals surface area contributed by atoms with Crippen molar-refractivity contribution < 1.29 is 4.79 Å². The molecule has 118 valence electrons. The van der Waals surface area contributed by atoms with Gasteiger partial charge in [-0.1, -0.05) is 45.0 Å². The Bertz CT molecular complexity index is 447. The second-order valence-corrected chi connectivity index (χ2v) is 5.66. The quantitative estimate of drug-likeness (QED) is 0.926. The largest absolute Gasteiger partial charge is 0.333 e. The zero-order valence-corrected chi connectivity index (χ0v) is 14.1. The number of nitrogens with zero attached hydrogens (tertiary/aromatic N) is 1. The Morgan fingerprint density at radius 1 is 1.33 bits per heavy atom. The van der Waals surface area contributed by atoms with Crippen LogP contribution in [0.25, 0.3) is 0 Å². The zero-order chi connectivity index (χ0) is 14.5. The summed E-state index contributed by atoms with van der Waals surface area (Å²) in [5.41, 5.74) is 2.59. The van der Waals surface area contributed by atoms with Gasteiger partial charge in [-0.2, -0.15) is 0 Å². The molecule has 21 heavy (non-hydrogen) atoms. The summed E-state index contributed by atoms with van der Waals surface area (Å²) in [5, 5.41) is 3.41. The summed E-state index contributed by atoms with van der Waals surface area (Å²) in [6.45, 7) is 8.83. The predicted octanol–water partition coefficient (Wildman–Crippen LogP) is 3.19. The lowest BCUT2D eigenvalue weighted by Crippen LogP contribution is -2.50. The van der Waals surface area contributed by atoms with Crippen LogP contribution in [0.2, 0.25) is 0 Å². The Balaban J connectivity index is 0.00000220. The van der Waals surface area contributed by atoms with Crippen molar-refractivity contribution in [2.24, 2.45) is 5.92 Å². The molecule has 0 spiro atoms. The number of rotatable bonds is 4. The summed E-state index contributed by atoms with van der Waals surface area (Å²) in [4.78, 5) is 14.6. The average molecular weight is 311 g/mol. The number of hydrogen-bond donors (Lipinski definition) is 1. The van der Waals surface area contributed by atoms with E-state index in [4.69, 9.17) is 0 Å². The van der Waals surface area contributed by atoms with Crippen molar-refractivity contribution >= 4 is 18.3 Å². The summed E-state index contributed by atoms with van der Waals surface area (Å²) in [6.07, 6.45) is 1.96. The van der Waals surface area contributed by atoms with E-state index in [2.05, 4.69) is 48.3 Å². The molecular weight excluding hydrogens is 284 g/mol. The fourth-order valence-electron chi connectivity index (χ4n) is 2.70. The number of amides is 1. The third-order valence-electron chi connectivity index (χ3n) is 4.33. The van der Waals surface area contributed by atoms with Crippen molar-refractivity contribution in [3.05, 3.63) is 35.4 Å². The minimum atomic E-state index is 0. The first-order chi connectivity index (χ1) is 9.67. The van der Waals surface area contributed by atoms with E-state index in [0.717, 1.165) is 32.5 Å². The average Bonchev–Trinajstić information content (AvgIpc) is 2.53. The first kappa shape index (κ1) is 18.0. The third-order valence-corrected chi connectivity index (χ3v) is 4.33. The molecule has 0 aliphatic carbocycles. The molecule has 1 saturated heterocycles. The van der Waals surface area contributed by atoms with Gasteiger partial charge in [0.1, 0.15) is 0 Å². The van der Waals surface area contributed by atoms with E-state index in [1.807, 2.05) is 6.92 Å². The highest BCUT2D eigenvalue weighted by atomic mass is 35.5. The molecule has 0 bridgehead atoms. The molecular formula is C17H27ClN2O. The van der Waals surface area contributed by atoms with Crippen LogP contribution in [0.5, 0.6) is 0 Å². The Morgan fingerprint density at radius 3 is 2.57 bits per heavy atom. The molecule has 2 rings (SSSR count). The molecule has 1 aliphatic rings. The molecule has 1 N–H and O–H groups in total. The van der Waals surface area contributed by atoms with Crippen molar-refractivity contribution in [2.75, 3.05) is 19.6 Å². The highest BCUT2D eigenvalue weighted by Crippen LogP contribution is 2.25. The Hall–Kier alpha value is -1.06. The molecule has 1 amide bonds. The summed E-state index contributed by atoms with van der Waals surface area (Å²) in [7, 11) is 0. The number of carbonyl (C=O) groups excluding carboxylic acids is 1. The lowest BCUT2D eigenvalue weighted by molar-refractivity contribution is -0.138. The molecule has 1 aliphatic heterocycles. The van der Waals surface area contributed by atoms with E-state index in [1.54, 1.807) is 0 Å². The fraction of sp³-hybridized carbons (Fsp3) is 0.588. The number of piperazine rings is 1. The number of hydrogen-bond acceptors (Lipinski definition) is 2. The Labute approximate surface area is 134 Å². The maximum atomic E-state index is 12.5. The van der Waals surface area contributed by atoms with Crippen molar-refractivity contribution in [2.45, 2.75) is 39.7 Å². The van der Waals surface area contributed by atoms with E-state index in [9.17, 15) is 4.79 Å². The molecule has 4 heteroatoms. The molecule has 2 atom stereocenters. The normalized spacial score (nSPS) is 19.8. The van der Waals surface area contributed by atoms with Gasteiger partial charge in [-0.3, -0.25) is 4.79 Å². The van der Waals surface area contributed by atoms with Crippen molar-refractivity contribution in [3.8, 4) is 0 Å². The second kappa shape index (κ2) is 8.40. The molecule has 1 heterocycles.